The zero-order valence-electron chi connectivity index (χ0n) is 16.0. The van der Waals surface area contributed by atoms with Crippen molar-refractivity contribution in [3.63, 3.8) is 0 Å². The molecule has 3 atom stereocenters. The zero-order chi connectivity index (χ0) is 20.3. The first kappa shape index (κ1) is 19.9. The minimum atomic E-state index is -0.791. The van der Waals surface area contributed by atoms with Crippen LogP contribution >= 0.6 is 0 Å². The summed E-state index contributed by atoms with van der Waals surface area (Å²) in [6.07, 6.45) is 1.86. The Kier molecular flexibility index (Phi) is 5.74. The van der Waals surface area contributed by atoms with Crippen molar-refractivity contribution >= 4 is 5.69 Å². The molecule has 3 unspecified atom stereocenters. The second kappa shape index (κ2) is 8.06. The summed E-state index contributed by atoms with van der Waals surface area (Å²) in [5, 5.41) is 31.5. The molecule has 3 rings (SSSR count). The number of phenols is 1. The predicted molar refractivity (Wildman–Crippen MR) is 104 cm³/mol. The largest absolute Gasteiger partial charge is 0.508 e. The maximum Gasteiger partial charge on any atom is 0.269 e. The average molecular weight is 387 g/mol. The van der Waals surface area contributed by atoms with E-state index in [4.69, 9.17) is 9.47 Å². The van der Waals surface area contributed by atoms with Crippen molar-refractivity contribution in [1.82, 2.24) is 0 Å². The summed E-state index contributed by atoms with van der Waals surface area (Å²) < 4.78 is 12.1. The van der Waals surface area contributed by atoms with E-state index in [1.807, 2.05) is 6.92 Å². The predicted octanol–water partition coefficient (Wildman–Crippen LogP) is 4.37. The van der Waals surface area contributed by atoms with E-state index >= 15 is 0 Å². The van der Waals surface area contributed by atoms with Crippen LogP contribution in [0.4, 0.5) is 5.69 Å². The number of rotatable bonds is 7. The minimum Gasteiger partial charge on any atom is -0.508 e. The molecule has 28 heavy (non-hydrogen) atoms. The Balaban J connectivity index is 1.83. The third-order valence-corrected chi connectivity index (χ3v) is 5.26. The van der Waals surface area contributed by atoms with Crippen LogP contribution in [0.2, 0.25) is 0 Å². The van der Waals surface area contributed by atoms with Crippen LogP contribution in [0.1, 0.15) is 44.8 Å². The van der Waals surface area contributed by atoms with E-state index in [0.29, 0.717) is 17.1 Å². The summed E-state index contributed by atoms with van der Waals surface area (Å²) in [6.45, 7) is 4.16. The van der Waals surface area contributed by atoms with E-state index in [2.05, 4.69) is 6.92 Å². The fraction of sp³-hybridized carbons (Fsp3) is 0.429. The van der Waals surface area contributed by atoms with Gasteiger partial charge in [-0.2, -0.15) is 0 Å². The number of non-ortho nitro benzene ring substituents is 1. The van der Waals surface area contributed by atoms with E-state index < -0.39 is 16.6 Å². The fourth-order valence-electron chi connectivity index (χ4n) is 3.65. The highest BCUT2D eigenvalue weighted by Crippen LogP contribution is 2.47. The number of phenolic OH excluding ortho intramolecular Hbond substituents is 1. The van der Waals surface area contributed by atoms with Gasteiger partial charge in [0, 0.05) is 23.6 Å². The smallest absolute Gasteiger partial charge is 0.269 e. The maximum absolute atomic E-state index is 11.0. The number of unbranched alkanes of at least 4 members (excludes halogenated alkanes) is 1. The zero-order valence-corrected chi connectivity index (χ0v) is 16.0. The number of aromatic hydroxyl groups is 1. The van der Waals surface area contributed by atoms with E-state index in [1.54, 1.807) is 18.2 Å². The molecule has 2 aromatic carbocycles. The molecular formula is C21H25NO6. The molecule has 0 saturated heterocycles. The lowest BCUT2D eigenvalue weighted by Gasteiger charge is -2.45. The van der Waals surface area contributed by atoms with Crippen molar-refractivity contribution in [3.05, 3.63) is 58.1 Å². The van der Waals surface area contributed by atoms with Gasteiger partial charge in [0.1, 0.15) is 29.5 Å². The quantitative estimate of drug-likeness (QED) is 0.540. The number of fused-ring (bicyclic) bond motifs is 1. The van der Waals surface area contributed by atoms with Gasteiger partial charge in [-0.1, -0.05) is 19.8 Å². The van der Waals surface area contributed by atoms with Crippen molar-refractivity contribution in [2.75, 3.05) is 6.61 Å². The average Bonchev–Trinajstić information content (AvgIpc) is 2.67. The highest BCUT2D eigenvalue weighted by atomic mass is 16.6. The first-order chi connectivity index (χ1) is 13.3. The van der Waals surface area contributed by atoms with Crippen molar-refractivity contribution < 1.29 is 24.6 Å². The van der Waals surface area contributed by atoms with Crippen molar-refractivity contribution in [3.8, 4) is 17.2 Å². The number of aliphatic hydroxyl groups excluding tert-OH is 1. The van der Waals surface area contributed by atoms with Crippen LogP contribution in [0.15, 0.2) is 42.5 Å². The summed E-state index contributed by atoms with van der Waals surface area (Å²) in [7, 11) is 0. The van der Waals surface area contributed by atoms with Gasteiger partial charge in [-0.25, -0.2) is 0 Å². The van der Waals surface area contributed by atoms with Crippen molar-refractivity contribution in [1.29, 1.82) is 0 Å². The van der Waals surface area contributed by atoms with Crippen molar-refractivity contribution in [2.24, 2.45) is 5.92 Å². The lowest BCUT2D eigenvalue weighted by Crippen LogP contribution is -2.51. The van der Waals surface area contributed by atoms with Crippen molar-refractivity contribution in [2.45, 2.75) is 44.8 Å². The minimum absolute atomic E-state index is 0.00235. The monoisotopic (exact) mass is 387 g/mol. The van der Waals surface area contributed by atoms with Crippen LogP contribution in [-0.2, 0) is 0 Å². The summed E-state index contributed by atoms with van der Waals surface area (Å²) in [4.78, 5) is 10.3. The number of nitro groups is 1. The van der Waals surface area contributed by atoms with Gasteiger partial charge < -0.3 is 19.7 Å². The van der Waals surface area contributed by atoms with Gasteiger partial charge >= 0.3 is 0 Å². The second-order valence-corrected chi connectivity index (χ2v) is 7.37. The Bertz CT molecular complexity index is 837. The highest BCUT2D eigenvalue weighted by molar-refractivity contribution is 5.44. The van der Waals surface area contributed by atoms with Crippen LogP contribution in [0.5, 0.6) is 17.2 Å². The standard InChI is InChI=1S/C21H25NO6/c1-3-4-5-18-20(24)17-12-15(23)8-11-19(17)28-21(18,2)13-27-16-9-6-14(7-10-16)22(25)26/h6-12,18,20,23-24H,3-5,13H2,1-2H3. The molecule has 0 aliphatic carbocycles. The van der Waals surface area contributed by atoms with E-state index in [-0.39, 0.29) is 24.0 Å². The van der Waals surface area contributed by atoms with Crippen LogP contribution in [-0.4, -0.2) is 27.3 Å². The fourth-order valence-corrected chi connectivity index (χ4v) is 3.65. The SMILES string of the molecule is CCCCC1C(O)c2cc(O)ccc2OC1(C)COc1ccc([N+](=O)[O-])cc1. The molecule has 1 heterocycles. The second-order valence-electron chi connectivity index (χ2n) is 7.37. The van der Waals surface area contributed by atoms with Crippen LogP contribution in [0, 0.1) is 16.0 Å². The topological polar surface area (TPSA) is 102 Å². The molecule has 7 heteroatoms. The van der Waals surface area contributed by atoms with Gasteiger partial charge in [-0.15, -0.1) is 0 Å². The number of hydrogen-bond acceptors (Lipinski definition) is 6. The summed E-state index contributed by atoms with van der Waals surface area (Å²) >= 11 is 0. The lowest BCUT2D eigenvalue weighted by atomic mass is 9.76. The first-order valence-electron chi connectivity index (χ1n) is 9.41. The molecule has 2 N–H and O–H groups in total. The molecule has 0 saturated carbocycles. The van der Waals surface area contributed by atoms with Crippen LogP contribution in [0.3, 0.4) is 0 Å². The Morgan fingerprint density at radius 2 is 1.96 bits per heavy atom. The number of nitrogens with zero attached hydrogens (tertiary/aromatic N) is 1. The lowest BCUT2D eigenvalue weighted by molar-refractivity contribution is -0.384. The third kappa shape index (κ3) is 4.04. The van der Waals surface area contributed by atoms with Gasteiger partial charge in [0.2, 0.25) is 0 Å². The third-order valence-electron chi connectivity index (χ3n) is 5.26. The molecule has 0 amide bonds. The van der Waals surface area contributed by atoms with Gasteiger partial charge in [0.15, 0.2) is 0 Å². The molecule has 0 fully saturated rings. The summed E-state index contributed by atoms with van der Waals surface area (Å²) in [5.74, 6) is 0.879. The number of aliphatic hydroxyl groups is 1. The van der Waals surface area contributed by atoms with Gasteiger partial charge in [-0.05, 0) is 43.7 Å². The number of benzene rings is 2. The van der Waals surface area contributed by atoms with E-state index in [1.165, 1.54) is 24.3 Å². The molecular weight excluding hydrogens is 362 g/mol. The van der Waals surface area contributed by atoms with Crippen LogP contribution < -0.4 is 9.47 Å². The van der Waals surface area contributed by atoms with Crippen LogP contribution in [0.25, 0.3) is 0 Å². The molecule has 1 aliphatic rings. The molecule has 150 valence electrons. The molecule has 1 aliphatic heterocycles. The Labute approximate surface area is 163 Å². The maximum atomic E-state index is 11.0. The summed E-state index contributed by atoms with van der Waals surface area (Å²) in [6, 6.07) is 10.6. The highest BCUT2D eigenvalue weighted by Gasteiger charge is 2.46. The normalized spacial score (nSPS) is 23.5. The van der Waals surface area contributed by atoms with Gasteiger partial charge in [0.25, 0.3) is 5.69 Å². The van der Waals surface area contributed by atoms with E-state index in [0.717, 1.165) is 19.3 Å². The van der Waals surface area contributed by atoms with Gasteiger partial charge in [-0.3, -0.25) is 10.1 Å². The first-order valence-corrected chi connectivity index (χ1v) is 9.41. The Hall–Kier alpha value is -2.80. The molecule has 2 aromatic rings. The number of ether oxygens (including phenoxy) is 2. The molecule has 0 aromatic heterocycles. The Morgan fingerprint density at radius 1 is 1.25 bits per heavy atom. The Morgan fingerprint density at radius 3 is 2.61 bits per heavy atom. The molecule has 0 radical (unpaired) electrons. The number of hydrogen-bond donors (Lipinski definition) is 2. The molecule has 7 nitrogen and oxygen atoms in total. The molecule has 0 spiro atoms. The van der Waals surface area contributed by atoms with E-state index in [9.17, 15) is 20.3 Å². The summed E-state index contributed by atoms with van der Waals surface area (Å²) in [5.41, 5.74) is -0.216. The molecule has 0 bridgehead atoms. The van der Waals surface area contributed by atoms with Gasteiger partial charge in [0.05, 0.1) is 11.0 Å². The number of nitro benzene ring substituents is 1.